The average Bonchev–Trinajstić information content (AvgIpc) is 2.82. The van der Waals surface area contributed by atoms with E-state index in [1.54, 1.807) is 41.3 Å². The maximum absolute atomic E-state index is 13.2. The monoisotopic (exact) mass is 516 g/mol. The van der Waals surface area contributed by atoms with Crippen molar-refractivity contribution in [2.24, 2.45) is 0 Å². The topological polar surface area (TPSA) is 108 Å². The molecule has 33 heavy (non-hydrogen) atoms. The van der Waals surface area contributed by atoms with Crippen LogP contribution in [0.1, 0.15) is 0 Å². The van der Waals surface area contributed by atoms with E-state index < -0.39 is 22.0 Å². The summed E-state index contributed by atoms with van der Waals surface area (Å²) in [4.78, 5) is 26.6. The number of fused-ring (bicyclic) bond motifs is 1. The first kappa shape index (κ1) is 25.7. The fraction of sp³-hybridized carbons (Fsp3) is 0.429. The summed E-state index contributed by atoms with van der Waals surface area (Å²) in [5, 5.41) is 7.85. The maximum atomic E-state index is 13.2. The number of hydrogen-bond acceptors (Lipinski definition) is 6. The molecule has 1 unspecified atom stereocenters. The number of sulfonamides is 1. The van der Waals surface area contributed by atoms with E-state index >= 15 is 0 Å². The van der Waals surface area contributed by atoms with Crippen LogP contribution in [0, 0.1) is 0 Å². The SMILES string of the molecule is Cl.O=C(NCC(=O)N1CCOCC1)C1CN(S(=O)(=O)c2ccc3cc(Cl)ccc3c2)CCN1. The Morgan fingerprint density at radius 1 is 1.09 bits per heavy atom. The minimum atomic E-state index is -3.79. The molecule has 0 aromatic heterocycles. The summed E-state index contributed by atoms with van der Waals surface area (Å²) in [7, 11) is -3.79. The summed E-state index contributed by atoms with van der Waals surface area (Å²) in [5.74, 6) is -0.585. The number of benzene rings is 2. The van der Waals surface area contributed by atoms with Crippen LogP contribution >= 0.6 is 24.0 Å². The van der Waals surface area contributed by atoms with Crippen LogP contribution in [0.25, 0.3) is 10.8 Å². The van der Waals surface area contributed by atoms with Gasteiger partial charge in [-0.1, -0.05) is 23.7 Å². The molecule has 2 N–H and O–H groups in total. The van der Waals surface area contributed by atoms with Gasteiger partial charge < -0.3 is 20.3 Å². The van der Waals surface area contributed by atoms with Crippen molar-refractivity contribution in [2.75, 3.05) is 52.5 Å². The highest BCUT2D eigenvalue weighted by molar-refractivity contribution is 7.89. The van der Waals surface area contributed by atoms with E-state index in [9.17, 15) is 18.0 Å². The van der Waals surface area contributed by atoms with E-state index in [4.69, 9.17) is 16.3 Å². The van der Waals surface area contributed by atoms with Gasteiger partial charge in [0.1, 0.15) is 6.04 Å². The quantitative estimate of drug-likeness (QED) is 0.609. The zero-order valence-electron chi connectivity index (χ0n) is 17.8. The zero-order chi connectivity index (χ0) is 22.7. The first-order chi connectivity index (χ1) is 15.3. The number of carbonyl (C=O) groups is 2. The number of nitrogens with zero attached hydrogens (tertiary/aromatic N) is 2. The molecular formula is C21H26Cl2N4O5S. The molecule has 180 valence electrons. The Kier molecular flexibility index (Phi) is 8.54. The van der Waals surface area contributed by atoms with Gasteiger partial charge in [-0.15, -0.1) is 12.4 Å². The molecule has 1 atom stereocenters. The Bertz CT molecular complexity index is 1120. The summed E-state index contributed by atoms with van der Waals surface area (Å²) in [6.45, 7) is 2.41. The van der Waals surface area contributed by atoms with Crippen LogP contribution in [-0.4, -0.2) is 88.0 Å². The maximum Gasteiger partial charge on any atom is 0.243 e. The van der Waals surface area contributed by atoms with Crippen LogP contribution in [0.15, 0.2) is 41.3 Å². The largest absolute Gasteiger partial charge is 0.378 e. The molecule has 2 fully saturated rings. The van der Waals surface area contributed by atoms with Crippen LogP contribution in [0.4, 0.5) is 0 Å². The van der Waals surface area contributed by atoms with E-state index in [-0.39, 0.29) is 42.8 Å². The number of halogens is 2. The van der Waals surface area contributed by atoms with Crippen LogP contribution in [0.2, 0.25) is 5.02 Å². The highest BCUT2D eigenvalue weighted by Gasteiger charge is 2.33. The second kappa shape index (κ2) is 11.0. The summed E-state index contributed by atoms with van der Waals surface area (Å²) in [6, 6.07) is 9.40. The molecule has 2 aliphatic rings. The molecule has 0 aliphatic carbocycles. The van der Waals surface area contributed by atoms with Crippen LogP contribution in [0.3, 0.4) is 0 Å². The van der Waals surface area contributed by atoms with Crippen molar-refractivity contribution < 1.29 is 22.7 Å². The second-order valence-corrected chi connectivity index (χ2v) is 10.1. The van der Waals surface area contributed by atoms with Gasteiger partial charge in [0, 0.05) is 37.7 Å². The van der Waals surface area contributed by atoms with Gasteiger partial charge in [0.2, 0.25) is 21.8 Å². The molecule has 0 bridgehead atoms. The average molecular weight is 517 g/mol. The first-order valence-corrected chi connectivity index (χ1v) is 12.2. The number of ether oxygens (including phenoxy) is 1. The van der Waals surface area contributed by atoms with Crippen molar-refractivity contribution in [3.05, 3.63) is 41.4 Å². The first-order valence-electron chi connectivity index (χ1n) is 10.4. The van der Waals surface area contributed by atoms with Gasteiger partial charge in [-0.05, 0) is 35.0 Å². The van der Waals surface area contributed by atoms with Gasteiger partial charge in [0.25, 0.3) is 0 Å². The molecule has 2 amide bonds. The lowest BCUT2D eigenvalue weighted by molar-refractivity contribution is -0.136. The van der Waals surface area contributed by atoms with Crippen LogP contribution in [0.5, 0.6) is 0 Å². The lowest BCUT2D eigenvalue weighted by Gasteiger charge is -2.32. The molecule has 12 heteroatoms. The highest BCUT2D eigenvalue weighted by Crippen LogP contribution is 2.25. The molecule has 0 saturated carbocycles. The molecule has 2 aromatic rings. The minimum absolute atomic E-state index is 0. The van der Waals surface area contributed by atoms with Gasteiger partial charge in [0.05, 0.1) is 24.7 Å². The third kappa shape index (κ3) is 5.95. The molecule has 9 nitrogen and oxygen atoms in total. The van der Waals surface area contributed by atoms with E-state index in [1.165, 1.54) is 4.31 Å². The second-order valence-electron chi connectivity index (χ2n) is 7.73. The van der Waals surface area contributed by atoms with Gasteiger partial charge in [-0.2, -0.15) is 4.31 Å². The molecule has 2 aromatic carbocycles. The number of rotatable bonds is 5. The summed E-state index contributed by atoms with van der Waals surface area (Å²) >= 11 is 6.00. The molecule has 2 saturated heterocycles. The lowest BCUT2D eigenvalue weighted by Crippen LogP contribution is -2.59. The van der Waals surface area contributed by atoms with Crippen LogP contribution in [-0.2, 0) is 24.3 Å². The van der Waals surface area contributed by atoms with Crippen molar-refractivity contribution in [3.63, 3.8) is 0 Å². The van der Waals surface area contributed by atoms with E-state index in [1.807, 2.05) is 0 Å². The Morgan fingerprint density at radius 2 is 1.79 bits per heavy atom. The smallest absolute Gasteiger partial charge is 0.243 e. The Morgan fingerprint density at radius 3 is 2.55 bits per heavy atom. The minimum Gasteiger partial charge on any atom is -0.378 e. The van der Waals surface area contributed by atoms with Crippen molar-refractivity contribution >= 4 is 56.6 Å². The van der Waals surface area contributed by atoms with E-state index in [0.717, 1.165) is 10.8 Å². The predicted octanol–water partition coefficient (Wildman–Crippen LogP) is 0.852. The van der Waals surface area contributed by atoms with Gasteiger partial charge in [-0.3, -0.25) is 9.59 Å². The molecule has 0 radical (unpaired) electrons. The fourth-order valence-corrected chi connectivity index (χ4v) is 5.50. The van der Waals surface area contributed by atoms with Crippen molar-refractivity contribution in [1.29, 1.82) is 0 Å². The summed E-state index contributed by atoms with van der Waals surface area (Å²) < 4.78 is 32.9. The fourth-order valence-electron chi connectivity index (χ4n) is 3.83. The normalized spacial score (nSPS) is 19.7. The Hall–Kier alpha value is -1.95. The highest BCUT2D eigenvalue weighted by atomic mass is 35.5. The van der Waals surface area contributed by atoms with Crippen molar-refractivity contribution in [1.82, 2.24) is 19.8 Å². The molecule has 2 aliphatic heterocycles. The number of hydrogen-bond donors (Lipinski definition) is 2. The number of carbonyl (C=O) groups excluding carboxylic acids is 2. The van der Waals surface area contributed by atoms with E-state index in [2.05, 4.69) is 10.6 Å². The Balaban J connectivity index is 0.00000306. The summed E-state index contributed by atoms with van der Waals surface area (Å²) in [6.07, 6.45) is 0. The number of piperazine rings is 1. The lowest BCUT2D eigenvalue weighted by atomic mass is 10.1. The number of nitrogens with one attached hydrogen (secondary N) is 2. The molecular weight excluding hydrogens is 491 g/mol. The van der Waals surface area contributed by atoms with Gasteiger partial charge in [-0.25, -0.2) is 8.42 Å². The molecule has 0 spiro atoms. The van der Waals surface area contributed by atoms with E-state index in [0.29, 0.717) is 37.9 Å². The molecule has 2 heterocycles. The number of amides is 2. The van der Waals surface area contributed by atoms with Crippen molar-refractivity contribution in [3.8, 4) is 0 Å². The van der Waals surface area contributed by atoms with Gasteiger partial charge in [0.15, 0.2) is 0 Å². The predicted molar refractivity (Wildman–Crippen MR) is 127 cm³/mol. The summed E-state index contributed by atoms with van der Waals surface area (Å²) in [5.41, 5.74) is 0. The standard InChI is InChI=1S/C21H25ClN4O5S.ClH/c22-17-3-1-16-12-18(4-2-15(16)11-17)32(29,30)26-6-5-23-19(14-26)21(28)24-13-20(27)25-7-9-31-10-8-25;/h1-4,11-12,19,23H,5-10,13-14H2,(H,24,28);1H. The van der Waals surface area contributed by atoms with Gasteiger partial charge >= 0.3 is 0 Å². The van der Waals surface area contributed by atoms with Crippen molar-refractivity contribution in [2.45, 2.75) is 10.9 Å². The molecule has 4 rings (SSSR count). The zero-order valence-corrected chi connectivity index (χ0v) is 20.2. The third-order valence-corrected chi connectivity index (χ3v) is 7.74. The number of morpholine rings is 1. The Labute approximate surface area is 203 Å². The third-order valence-electron chi connectivity index (χ3n) is 5.64. The van der Waals surface area contributed by atoms with Crippen LogP contribution < -0.4 is 10.6 Å².